The molecule has 106 valence electrons. The molecular weight excluding hydrogens is 247 g/mol. The predicted octanol–water partition coefficient (Wildman–Crippen LogP) is 1.57. The van der Waals surface area contributed by atoms with E-state index in [1.807, 2.05) is 13.8 Å². The van der Waals surface area contributed by atoms with E-state index in [9.17, 15) is 9.18 Å². The maximum Gasteiger partial charge on any atom is 0.260 e. The van der Waals surface area contributed by atoms with Crippen molar-refractivity contribution in [1.82, 2.24) is 4.90 Å². The molecule has 1 aromatic rings. The second-order valence-corrected chi connectivity index (χ2v) is 4.19. The number of hydrogen-bond donors (Lipinski definition) is 1. The summed E-state index contributed by atoms with van der Waals surface area (Å²) in [4.78, 5) is 13.4. The van der Waals surface area contributed by atoms with Crippen LogP contribution in [0.2, 0.25) is 0 Å². The first-order valence-electron chi connectivity index (χ1n) is 6.50. The zero-order valence-electron chi connectivity index (χ0n) is 11.5. The van der Waals surface area contributed by atoms with Crippen LogP contribution in [0.3, 0.4) is 0 Å². The number of rotatable bonds is 7. The highest BCUT2D eigenvalue weighted by molar-refractivity contribution is 5.77. The average Bonchev–Trinajstić information content (AvgIpc) is 2.37. The zero-order chi connectivity index (χ0) is 14.3. The van der Waals surface area contributed by atoms with Gasteiger partial charge in [0.1, 0.15) is 11.6 Å². The van der Waals surface area contributed by atoms with Gasteiger partial charge in [-0.2, -0.15) is 0 Å². The minimum atomic E-state index is -0.378. The van der Waals surface area contributed by atoms with Crippen molar-refractivity contribution in [2.24, 2.45) is 5.73 Å². The van der Waals surface area contributed by atoms with Crippen molar-refractivity contribution in [2.75, 3.05) is 26.2 Å². The first-order valence-corrected chi connectivity index (χ1v) is 6.50. The third-order valence-corrected chi connectivity index (χ3v) is 2.84. The van der Waals surface area contributed by atoms with Crippen LogP contribution in [-0.2, 0) is 11.2 Å². The van der Waals surface area contributed by atoms with Crippen LogP contribution in [0.25, 0.3) is 0 Å². The summed E-state index contributed by atoms with van der Waals surface area (Å²) in [5, 5.41) is 0. The number of nitrogens with two attached hydrogens (primary N) is 1. The summed E-state index contributed by atoms with van der Waals surface area (Å²) in [5.41, 5.74) is 6.21. The van der Waals surface area contributed by atoms with E-state index in [-0.39, 0.29) is 18.3 Å². The van der Waals surface area contributed by atoms with Crippen molar-refractivity contribution in [3.8, 4) is 5.75 Å². The number of benzene rings is 1. The third-order valence-electron chi connectivity index (χ3n) is 2.84. The summed E-state index contributed by atoms with van der Waals surface area (Å²) < 4.78 is 18.7. The van der Waals surface area contributed by atoms with E-state index >= 15 is 0 Å². The molecule has 0 fully saturated rings. The average molecular weight is 268 g/mol. The Morgan fingerprint density at radius 1 is 1.32 bits per heavy atom. The summed E-state index contributed by atoms with van der Waals surface area (Å²) in [6.07, 6.45) is 0.581. The van der Waals surface area contributed by atoms with Gasteiger partial charge in [0.2, 0.25) is 0 Å². The fourth-order valence-corrected chi connectivity index (χ4v) is 1.83. The number of amides is 1. The van der Waals surface area contributed by atoms with Crippen molar-refractivity contribution >= 4 is 5.91 Å². The fraction of sp³-hybridized carbons (Fsp3) is 0.500. The van der Waals surface area contributed by atoms with Gasteiger partial charge < -0.3 is 15.4 Å². The molecule has 0 radical (unpaired) electrons. The molecule has 0 aliphatic rings. The number of carbonyl (C=O) groups is 1. The highest BCUT2D eigenvalue weighted by Gasteiger charge is 2.10. The lowest BCUT2D eigenvalue weighted by Crippen LogP contribution is -2.34. The zero-order valence-corrected chi connectivity index (χ0v) is 11.5. The number of halogens is 1. The van der Waals surface area contributed by atoms with Gasteiger partial charge in [-0.1, -0.05) is 0 Å². The molecule has 1 aromatic carbocycles. The summed E-state index contributed by atoms with van der Waals surface area (Å²) in [7, 11) is 0. The molecule has 0 aliphatic carbocycles. The van der Waals surface area contributed by atoms with E-state index in [1.54, 1.807) is 11.0 Å². The molecule has 1 amide bonds. The maximum absolute atomic E-state index is 13.4. The van der Waals surface area contributed by atoms with Gasteiger partial charge in [-0.15, -0.1) is 0 Å². The quantitative estimate of drug-likeness (QED) is 0.816. The van der Waals surface area contributed by atoms with Gasteiger partial charge >= 0.3 is 0 Å². The van der Waals surface area contributed by atoms with Gasteiger partial charge in [-0.05, 0) is 44.5 Å². The second kappa shape index (κ2) is 7.74. The van der Waals surface area contributed by atoms with E-state index in [0.717, 1.165) is 5.56 Å². The second-order valence-electron chi connectivity index (χ2n) is 4.19. The molecule has 0 bridgehead atoms. The van der Waals surface area contributed by atoms with Gasteiger partial charge in [-0.25, -0.2) is 4.39 Å². The molecule has 2 N–H and O–H groups in total. The van der Waals surface area contributed by atoms with Crippen LogP contribution in [0.1, 0.15) is 19.4 Å². The topological polar surface area (TPSA) is 55.6 Å². The van der Waals surface area contributed by atoms with Gasteiger partial charge in [0.15, 0.2) is 6.61 Å². The van der Waals surface area contributed by atoms with Crippen molar-refractivity contribution in [1.29, 1.82) is 0 Å². The number of ether oxygens (including phenoxy) is 1. The van der Waals surface area contributed by atoms with Crippen LogP contribution >= 0.6 is 0 Å². The Balaban J connectivity index is 2.64. The SMILES string of the molecule is CCN(CC)C(=O)COc1cc(F)cc(CCN)c1. The molecule has 0 atom stereocenters. The van der Waals surface area contributed by atoms with Crippen molar-refractivity contribution in [3.63, 3.8) is 0 Å². The third kappa shape index (κ3) is 4.87. The van der Waals surface area contributed by atoms with Crippen LogP contribution in [0.5, 0.6) is 5.75 Å². The summed E-state index contributed by atoms with van der Waals surface area (Å²) >= 11 is 0. The molecule has 0 aliphatic heterocycles. The first-order chi connectivity index (χ1) is 9.10. The van der Waals surface area contributed by atoms with Crippen LogP contribution < -0.4 is 10.5 Å². The van der Waals surface area contributed by atoms with Crippen LogP contribution in [-0.4, -0.2) is 37.0 Å². The van der Waals surface area contributed by atoms with E-state index in [4.69, 9.17) is 10.5 Å². The molecule has 0 heterocycles. The molecule has 0 saturated heterocycles. The fourth-order valence-electron chi connectivity index (χ4n) is 1.83. The maximum atomic E-state index is 13.4. The highest BCUT2D eigenvalue weighted by atomic mass is 19.1. The molecule has 4 nitrogen and oxygen atoms in total. The summed E-state index contributed by atoms with van der Waals surface area (Å²) in [6.45, 7) is 5.46. The number of nitrogens with zero attached hydrogens (tertiary/aromatic N) is 1. The molecule has 19 heavy (non-hydrogen) atoms. The van der Waals surface area contributed by atoms with Gasteiger partial charge in [0, 0.05) is 19.2 Å². The Labute approximate surface area is 113 Å². The highest BCUT2D eigenvalue weighted by Crippen LogP contribution is 2.16. The van der Waals surface area contributed by atoms with E-state index in [1.165, 1.54) is 12.1 Å². The Hall–Kier alpha value is -1.62. The smallest absolute Gasteiger partial charge is 0.260 e. The van der Waals surface area contributed by atoms with Gasteiger partial charge in [0.05, 0.1) is 0 Å². The lowest BCUT2D eigenvalue weighted by atomic mass is 10.1. The predicted molar refractivity (Wildman–Crippen MR) is 72.6 cm³/mol. The molecule has 0 unspecified atom stereocenters. The van der Waals surface area contributed by atoms with Gasteiger partial charge in [0.25, 0.3) is 5.91 Å². The van der Waals surface area contributed by atoms with Crippen LogP contribution in [0.15, 0.2) is 18.2 Å². The lowest BCUT2D eigenvalue weighted by Gasteiger charge is -2.18. The Kier molecular flexibility index (Phi) is 6.29. The molecule has 0 saturated carbocycles. The van der Waals surface area contributed by atoms with Crippen molar-refractivity contribution < 1.29 is 13.9 Å². The number of likely N-dealkylation sites (N-methyl/N-ethyl adjacent to an activating group) is 1. The van der Waals surface area contributed by atoms with E-state index < -0.39 is 0 Å². The van der Waals surface area contributed by atoms with Crippen molar-refractivity contribution in [2.45, 2.75) is 20.3 Å². The largest absolute Gasteiger partial charge is 0.484 e. The lowest BCUT2D eigenvalue weighted by molar-refractivity contribution is -0.132. The van der Waals surface area contributed by atoms with E-state index in [2.05, 4.69) is 0 Å². The van der Waals surface area contributed by atoms with Gasteiger partial charge in [-0.3, -0.25) is 4.79 Å². The number of carbonyl (C=O) groups excluding carboxylic acids is 1. The van der Waals surface area contributed by atoms with Crippen molar-refractivity contribution in [3.05, 3.63) is 29.6 Å². The summed E-state index contributed by atoms with van der Waals surface area (Å²) in [6, 6.07) is 4.41. The standard InChI is InChI=1S/C14H21FN2O2/c1-3-17(4-2)14(18)10-19-13-8-11(5-6-16)7-12(15)9-13/h7-9H,3-6,10,16H2,1-2H3. The minimum absolute atomic E-state index is 0.0762. The molecular formula is C14H21FN2O2. The summed E-state index contributed by atoms with van der Waals surface area (Å²) in [5.74, 6) is -0.116. The van der Waals surface area contributed by atoms with Crippen LogP contribution in [0, 0.1) is 5.82 Å². The minimum Gasteiger partial charge on any atom is -0.484 e. The van der Waals surface area contributed by atoms with E-state index in [0.29, 0.717) is 31.8 Å². The molecule has 1 rings (SSSR count). The number of hydrogen-bond acceptors (Lipinski definition) is 3. The first kappa shape index (κ1) is 15.4. The molecule has 0 spiro atoms. The Bertz CT molecular complexity index is 420. The Morgan fingerprint density at radius 3 is 2.58 bits per heavy atom. The normalized spacial score (nSPS) is 10.3. The van der Waals surface area contributed by atoms with Crippen LogP contribution in [0.4, 0.5) is 4.39 Å². The molecule has 5 heteroatoms. The Morgan fingerprint density at radius 2 is 2.00 bits per heavy atom. The monoisotopic (exact) mass is 268 g/mol. The molecule has 0 aromatic heterocycles.